The van der Waals surface area contributed by atoms with E-state index in [4.69, 9.17) is 21.1 Å². The number of ether oxygens (including phenoxy) is 2. The number of halogens is 3. The Labute approximate surface area is 191 Å². The van der Waals surface area contributed by atoms with E-state index in [9.17, 15) is 4.39 Å². The zero-order valence-corrected chi connectivity index (χ0v) is 19.9. The fourth-order valence-electron chi connectivity index (χ4n) is 3.84. The molecule has 0 saturated carbocycles. The highest BCUT2D eigenvalue weighted by Crippen LogP contribution is 2.38. The van der Waals surface area contributed by atoms with E-state index in [1.54, 1.807) is 6.07 Å². The fourth-order valence-corrected chi connectivity index (χ4v) is 4.67. The molecule has 0 aromatic heterocycles. The smallest absolute Gasteiger partial charge is 0.175 e. The Morgan fingerprint density at radius 1 is 1.23 bits per heavy atom. The molecule has 3 rings (SSSR count). The lowest BCUT2D eigenvalue weighted by Gasteiger charge is -2.23. The molecule has 0 unspecified atom stereocenters. The Hall–Kier alpha value is -1.34. The molecule has 30 heavy (non-hydrogen) atoms. The predicted molar refractivity (Wildman–Crippen MR) is 123 cm³/mol. The molecule has 0 spiro atoms. The van der Waals surface area contributed by atoms with E-state index in [0.717, 1.165) is 35.2 Å². The molecular formula is C23H29BrClFN2O2. The molecular weight excluding hydrogens is 471 g/mol. The highest BCUT2D eigenvalue weighted by molar-refractivity contribution is 9.10. The predicted octanol–water partition coefficient (Wildman–Crippen LogP) is 5.79. The van der Waals surface area contributed by atoms with Crippen molar-refractivity contribution in [2.75, 3.05) is 26.2 Å². The van der Waals surface area contributed by atoms with Crippen LogP contribution in [0.5, 0.6) is 11.5 Å². The summed E-state index contributed by atoms with van der Waals surface area (Å²) in [6.07, 6.45) is 2.54. The third kappa shape index (κ3) is 6.10. The largest absolute Gasteiger partial charge is 0.490 e. The molecule has 7 heteroatoms. The Morgan fingerprint density at radius 2 is 2.07 bits per heavy atom. The number of likely N-dealkylation sites (N-methyl/N-ethyl adjacent to an activating group) is 1. The van der Waals surface area contributed by atoms with Gasteiger partial charge in [0.15, 0.2) is 11.5 Å². The summed E-state index contributed by atoms with van der Waals surface area (Å²) >= 11 is 9.74. The normalized spacial score (nSPS) is 16.8. The second-order valence-electron chi connectivity index (χ2n) is 7.42. The third-order valence-electron chi connectivity index (χ3n) is 5.37. The average molecular weight is 500 g/mol. The topological polar surface area (TPSA) is 33.7 Å². The first-order chi connectivity index (χ1) is 14.5. The quantitative estimate of drug-likeness (QED) is 0.448. The van der Waals surface area contributed by atoms with Crippen molar-refractivity contribution >= 4 is 27.5 Å². The van der Waals surface area contributed by atoms with Gasteiger partial charge in [-0.3, -0.25) is 4.90 Å². The summed E-state index contributed by atoms with van der Waals surface area (Å²) in [6, 6.07) is 8.97. The van der Waals surface area contributed by atoms with Gasteiger partial charge in [0.05, 0.1) is 16.1 Å². The standard InChI is InChI=1S/C23H29BrClFN2O2/c1-3-28-9-5-6-19(28)14-27-13-16-10-20(24)23(22(11-16)29-4-2)30-15-17-7-8-18(26)12-21(17)25/h7-8,10-12,19,27H,3-6,9,13-15H2,1-2H3/t19-/m0/s1. The Balaban J connectivity index is 1.65. The minimum atomic E-state index is -0.364. The van der Waals surface area contributed by atoms with Crippen LogP contribution in [0, 0.1) is 5.82 Å². The van der Waals surface area contributed by atoms with E-state index in [0.29, 0.717) is 29.2 Å². The Bertz CT molecular complexity index is 852. The van der Waals surface area contributed by atoms with Crippen molar-refractivity contribution < 1.29 is 13.9 Å². The van der Waals surface area contributed by atoms with Crippen molar-refractivity contribution in [2.45, 2.75) is 45.9 Å². The number of hydrogen-bond donors (Lipinski definition) is 1. The van der Waals surface area contributed by atoms with Crippen LogP contribution < -0.4 is 14.8 Å². The van der Waals surface area contributed by atoms with Crippen molar-refractivity contribution in [3.63, 3.8) is 0 Å². The minimum absolute atomic E-state index is 0.226. The first-order valence-electron chi connectivity index (χ1n) is 10.5. The van der Waals surface area contributed by atoms with Crippen LogP contribution in [0.3, 0.4) is 0 Å². The Kier molecular flexibility index (Phi) is 8.81. The van der Waals surface area contributed by atoms with Gasteiger partial charge in [-0.1, -0.05) is 24.6 Å². The maximum atomic E-state index is 13.3. The van der Waals surface area contributed by atoms with Gasteiger partial charge in [0.2, 0.25) is 0 Å². The van der Waals surface area contributed by atoms with Crippen molar-refractivity contribution in [3.8, 4) is 11.5 Å². The number of hydrogen-bond acceptors (Lipinski definition) is 4. The second kappa shape index (κ2) is 11.3. The van der Waals surface area contributed by atoms with Crippen molar-refractivity contribution in [3.05, 3.63) is 56.8 Å². The van der Waals surface area contributed by atoms with Crippen LogP contribution in [0.1, 0.15) is 37.8 Å². The van der Waals surface area contributed by atoms with Gasteiger partial charge in [-0.15, -0.1) is 0 Å². The van der Waals surface area contributed by atoms with Gasteiger partial charge in [0.1, 0.15) is 12.4 Å². The summed E-state index contributed by atoms with van der Waals surface area (Å²) in [5.41, 5.74) is 1.84. The van der Waals surface area contributed by atoms with E-state index in [-0.39, 0.29) is 12.4 Å². The molecule has 164 valence electrons. The highest BCUT2D eigenvalue weighted by atomic mass is 79.9. The minimum Gasteiger partial charge on any atom is -0.490 e. The van der Waals surface area contributed by atoms with E-state index >= 15 is 0 Å². The van der Waals surface area contributed by atoms with Crippen LogP contribution in [0.2, 0.25) is 5.02 Å². The van der Waals surface area contributed by atoms with Crippen molar-refractivity contribution in [1.82, 2.24) is 10.2 Å². The van der Waals surface area contributed by atoms with Crippen LogP contribution in [0.25, 0.3) is 0 Å². The average Bonchev–Trinajstić information content (AvgIpc) is 3.16. The molecule has 1 fully saturated rings. The molecule has 0 aliphatic carbocycles. The SMILES string of the molecule is CCOc1cc(CNC[C@@H]2CCCN2CC)cc(Br)c1OCc1ccc(F)cc1Cl. The van der Waals surface area contributed by atoms with E-state index in [1.165, 1.54) is 31.5 Å². The molecule has 1 aliphatic rings. The van der Waals surface area contributed by atoms with Crippen LogP contribution in [-0.4, -0.2) is 37.2 Å². The molecule has 0 amide bonds. The summed E-state index contributed by atoms with van der Waals surface area (Å²) in [5.74, 6) is 0.934. The maximum absolute atomic E-state index is 13.3. The number of nitrogens with one attached hydrogen (secondary N) is 1. The summed E-state index contributed by atoms with van der Waals surface area (Å²) < 4.78 is 25.9. The summed E-state index contributed by atoms with van der Waals surface area (Å²) in [7, 11) is 0. The molecule has 1 saturated heterocycles. The number of likely N-dealkylation sites (tertiary alicyclic amines) is 1. The molecule has 2 aromatic carbocycles. The first kappa shape index (κ1) is 23.3. The molecule has 0 bridgehead atoms. The fraction of sp³-hybridized carbons (Fsp3) is 0.478. The van der Waals surface area contributed by atoms with Crippen LogP contribution >= 0.6 is 27.5 Å². The maximum Gasteiger partial charge on any atom is 0.175 e. The lowest BCUT2D eigenvalue weighted by atomic mass is 10.1. The monoisotopic (exact) mass is 498 g/mol. The number of nitrogens with zero attached hydrogens (tertiary/aromatic N) is 1. The summed E-state index contributed by atoms with van der Waals surface area (Å²) in [6.45, 7) is 8.98. The van der Waals surface area contributed by atoms with Gasteiger partial charge < -0.3 is 14.8 Å². The lowest BCUT2D eigenvalue weighted by molar-refractivity contribution is 0.259. The number of rotatable bonds is 10. The van der Waals surface area contributed by atoms with Crippen molar-refractivity contribution in [1.29, 1.82) is 0 Å². The van der Waals surface area contributed by atoms with E-state index in [2.05, 4.69) is 33.1 Å². The molecule has 1 aliphatic heterocycles. The zero-order valence-electron chi connectivity index (χ0n) is 17.5. The van der Waals surface area contributed by atoms with Gasteiger partial charge in [0.25, 0.3) is 0 Å². The van der Waals surface area contributed by atoms with Gasteiger partial charge in [-0.05, 0) is 78.6 Å². The van der Waals surface area contributed by atoms with Crippen LogP contribution in [-0.2, 0) is 13.2 Å². The Morgan fingerprint density at radius 3 is 2.80 bits per heavy atom. The third-order valence-corrected chi connectivity index (χ3v) is 6.31. The molecule has 1 atom stereocenters. The zero-order chi connectivity index (χ0) is 21.5. The number of benzene rings is 2. The lowest BCUT2D eigenvalue weighted by Crippen LogP contribution is -2.37. The summed E-state index contributed by atoms with van der Waals surface area (Å²) in [4.78, 5) is 2.53. The highest BCUT2D eigenvalue weighted by Gasteiger charge is 2.22. The van der Waals surface area contributed by atoms with Crippen LogP contribution in [0.15, 0.2) is 34.8 Å². The van der Waals surface area contributed by atoms with Gasteiger partial charge in [-0.2, -0.15) is 0 Å². The van der Waals surface area contributed by atoms with E-state index < -0.39 is 0 Å². The molecule has 0 radical (unpaired) electrons. The summed E-state index contributed by atoms with van der Waals surface area (Å²) in [5, 5.41) is 3.93. The molecule has 1 N–H and O–H groups in total. The van der Waals surface area contributed by atoms with Crippen LogP contribution in [0.4, 0.5) is 4.39 Å². The van der Waals surface area contributed by atoms with Gasteiger partial charge >= 0.3 is 0 Å². The first-order valence-corrected chi connectivity index (χ1v) is 11.7. The molecule has 1 heterocycles. The molecule has 2 aromatic rings. The van der Waals surface area contributed by atoms with E-state index in [1.807, 2.05) is 19.1 Å². The van der Waals surface area contributed by atoms with Gasteiger partial charge in [-0.25, -0.2) is 4.39 Å². The second-order valence-corrected chi connectivity index (χ2v) is 8.68. The molecule has 4 nitrogen and oxygen atoms in total. The van der Waals surface area contributed by atoms with Crippen molar-refractivity contribution in [2.24, 2.45) is 0 Å². The van der Waals surface area contributed by atoms with Gasteiger partial charge in [0, 0.05) is 24.7 Å².